The normalized spacial score (nSPS) is 17.7. The minimum Gasteiger partial charge on any atom is -0.493 e. The first kappa shape index (κ1) is 30.1. The van der Waals surface area contributed by atoms with Gasteiger partial charge in [0.15, 0.2) is 0 Å². The van der Waals surface area contributed by atoms with Crippen LogP contribution in [0.2, 0.25) is 0 Å². The molecule has 1 saturated carbocycles. The molecule has 226 valence electrons. The largest absolute Gasteiger partial charge is 0.493 e. The summed E-state index contributed by atoms with van der Waals surface area (Å²) in [6.45, 7) is 5.42. The number of benzene rings is 3. The first-order valence-corrected chi connectivity index (χ1v) is 15.2. The highest BCUT2D eigenvalue weighted by atomic mass is 16.5. The summed E-state index contributed by atoms with van der Waals surface area (Å²) >= 11 is 0. The fourth-order valence-corrected chi connectivity index (χ4v) is 6.10. The number of rotatable bonds is 10. The van der Waals surface area contributed by atoms with E-state index in [1.165, 1.54) is 5.56 Å². The highest BCUT2D eigenvalue weighted by Crippen LogP contribution is 2.36. The number of ether oxygens (including phenoxy) is 2. The zero-order valence-electron chi connectivity index (χ0n) is 24.9. The number of carboxylic acids is 1. The van der Waals surface area contributed by atoms with Gasteiger partial charge in [0.05, 0.1) is 12.5 Å². The van der Waals surface area contributed by atoms with Gasteiger partial charge in [-0.05, 0) is 104 Å². The van der Waals surface area contributed by atoms with Gasteiger partial charge in [-0.2, -0.15) is 0 Å². The van der Waals surface area contributed by atoms with Crippen molar-refractivity contribution < 1.29 is 29.0 Å². The van der Waals surface area contributed by atoms with Gasteiger partial charge in [-0.15, -0.1) is 0 Å². The number of carbonyl (C=O) groups excluding carboxylic acids is 2. The lowest BCUT2D eigenvalue weighted by Gasteiger charge is -2.31. The minimum absolute atomic E-state index is 0.104. The monoisotopic (exact) mass is 584 g/mol. The maximum Gasteiger partial charge on any atom is 0.407 e. The minimum atomic E-state index is -0.816. The van der Waals surface area contributed by atoms with E-state index < -0.39 is 18.0 Å². The van der Waals surface area contributed by atoms with Gasteiger partial charge in [0.1, 0.15) is 12.4 Å². The van der Waals surface area contributed by atoms with Crippen LogP contribution >= 0.6 is 0 Å². The summed E-state index contributed by atoms with van der Waals surface area (Å²) in [6, 6.07) is 19.9. The number of hydrogen-bond donors (Lipinski definition) is 2. The highest BCUT2D eigenvalue weighted by Gasteiger charge is 2.31. The molecule has 3 aromatic carbocycles. The Morgan fingerprint density at radius 3 is 2.65 bits per heavy atom. The molecule has 0 radical (unpaired) electrons. The summed E-state index contributed by atoms with van der Waals surface area (Å²) < 4.78 is 11.4. The summed E-state index contributed by atoms with van der Waals surface area (Å²) in [7, 11) is 0. The predicted octanol–water partition coefficient (Wildman–Crippen LogP) is 6.59. The molecule has 3 aromatic rings. The number of alkyl carbamates (subject to hydrolysis) is 1. The Balaban J connectivity index is 1.19. The fourth-order valence-electron chi connectivity index (χ4n) is 6.10. The number of carbonyl (C=O) groups is 3. The molecule has 1 fully saturated rings. The van der Waals surface area contributed by atoms with Gasteiger partial charge in [-0.3, -0.25) is 9.59 Å². The molecule has 2 unspecified atom stereocenters. The molecular weight excluding hydrogens is 544 g/mol. The van der Waals surface area contributed by atoms with Crippen molar-refractivity contribution in [2.75, 3.05) is 18.1 Å². The third kappa shape index (κ3) is 7.37. The Morgan fingerprint density at radius 1 is 1.02 bits per heavy atom. The van der Waals surface area contributed by atoms with E-state index in [2.05, 4.69) is 24.4 Å². The SMILES string of the molecule is Cc1cccc(OCCCC(=O)N2CCCc3c(-c4cccc(COC(=O)NC5CCC(C(=O)O)C5)c4)cccc32)c1C. The van der Waals surface area contributed by atoms with Gasteiger partial charge < -0.3 is 24.8 Å². The second kappa shape index (κ2) is 13.8. The second-order valence-corrected chi connectivity index (χ2v) is 11.6. The average Bonchev–Trinajstić information content (AvgIpc) is 3.48. The lowest BCUT2D eigenvalue weighted by Crippen LogP contribution is -2.35. The van der Waals surface area contributed by atoms with E-state index >= 15 is 0 Å². The van der Waals surface area contributed by atoms with E-state index in [1.54, 1.807) is 0 Å². The lowest BCUT2D eigenvalue weighted by molar-refractivity contribution is -0.141. The number of nitrogens with zero attached hydrogens (tertiary/aromatic N) is 1. The van der Waals surface area contributed by atoms with E-state index in [0.29, 0.717) is 45.3 Å². The number of aryl methyl sites for hydroxylation is 1. The summed E-state index contributed by atoms with van der Waals surface area (Å²) in [5.74, 6) is -0.250. The number of hydrogen-bond acceptors (Lipinski definition) is 5. The molecule has 0 aromatic heterocycles. The van der Waals surface area contributed by atoms with Crippen molar-refractivity contribution >= 4 is 23.7 Å². The van der Waals surface area contributed by atoms with Crippen LogP contribution < -0.4 is 15.0 Å². The predicted molar refractivity (Wildman–Crippen MR) is 165 cm³/mol. The maximum absolute atomic E-state index is 13.3. The van der Waals surface area contributed by atoms with Gasteiger partial charge in [0, 0.05) is 24.7 Å². The van der Waals surface area contributed by atoms with Crippen molar-refractivity contribution in [3.05, 3.63) is 82.9 Å². The van der Waals surface area contributed by atoms with Crippen molar-refractivity contribution in [3.8, 4) is 16.9 Å². The Kier molecular flexibility index (Phi) is 9.65. The second-order valence-electron chi connectivity index (χ2n) is 11.6. The molecule has 1 aliphatic carbocycles. The molecule has 2 amide bonds. The van der Waals surface area contributed by atoms with Crippen LogP contribution in [-0.2, 0) is 27.4 Å². The van der Waals surface area contributed by atoms with E-state index in [0.717, 1.165) is 52.1 Å². The Morgan fingerprint density at radius 2 is 1.84 bits per heavy atom. The molecule has 1 aliphatic heterocycles. The number of amides is 2. The highest BCUT2D eigenvalue weighted by molar-refractivity contribution is 5.96. The molecular formula is C35H40N2O6. The molecule has 0 saturated heterocycles. The molecule has 8 heteroatoms. The van der Waals surface area contributed by atoms with Crippen molar-refractivity contribution in [2.45, 2.75) is 71.4 Å². The van der Waals surface area contributed by atoms with Crippen LogP contribution in [0.1, 0.15) is 60.8 Å². The Bertz CT molecular complexity index is 1480. The van der Waals surface area contributed by atoms with Crippen molar-refractivity contribution in [1.29, 1.82) is 0 Å². The number of aliphatic carboxylic acids is 1. The Labute approximate surface area is 253 Å². The summed E-state index contributed by atoms with van der Waals surface area (Å²) in [5.41, 5.74) is 7.37. The third-order valence-electron chi connectivity index (χ3n) is 8.61. The zero-order valence-corrected chi connectivity index (χ0v) is 24.9. The standard InChI is InChI=1S/C35H40N2O6/c1-23-8-3-14-32(24(23)2)42-19-7-15-33(38)37-18-6-12-30-29(11-5-13-31(30)37)26-10-4-9-25(20-26)22-43-35(41)36-28-17-16-27(21-28)34(39)40/h3-5,8-11,13-14,20,27-28H,6-7,12,15-19,21-22H2,1-2H3,(H,36,41)(H,39,40). The molecule has 0 spiro atoms. The average molecular weight is 585 g/mol. The van der Waals surface area contributed by atoms with Crippen LogP contribution in [-0.4, -0.2) is 42.3 Å². The molecule has 2 aliphatic rings. The molecule has 43 heavy (non-hydrogen) atoms. The van der Waals surface area contributed by atoms with E-state index in [9.17, 15) is 19.5 Å². The van der Waals surface area contributed by atoms with Crippen LogP contribution in [0.3, 0.4) is 0 Å². The van der Waals surface area contributed by atoms with Crippen molar-refractivity contribution in [2.24, 2.45) is 5.92 Å². The van der Waals surface area contributed by atoms with Gasteiger partial charge in [0.2, 0.25) is 5.91 Å². The van der Waals surface area contributed by atoms with Gasteiger partial charge in [-0.1, -0.05) is 42.5 Å². The smallest absolute Gasteiger partial charge is 0.407 e. The topological polar surface area (TPSA) is 105 Å². The van der Waals surface area contributed by atoms with Gasteiger partial charge in [0.25, 0.3) is 0 Å². The fraction of sp³-hybridized carbons (Fsp3) is 0.400. The summed E-state index contributed by atoms with van der Waals surface area (Å²) in [6.07, 6.45) is 3.94. The van der Waals surface area contributed by atoms with Crippen LogP contribution in [0.4, 0.5) is 10.5 Å². The number of nitrogens with one attached hydrogen (secondary N) is 1. The molecule has 0 bridgehead atoms. The quantitative estimate of drug-likeness (QED) is 0.261. The van der Waals surface area contributed by atoms with Gasteiger partial charge >= 0.3 is 12.1 Å². The van der Waals surface area contributed by atoms with Crippen LogP contribution in [0.15, 0.2) is 60.7 Å². The van der Waals surface area contributed by atoms with Crippen molar-refractivity contribution in [3.63, 3.8) is 0 Å². The molecule has 8 nitrogen and oxygen atoms in total. The maximum atomic E-state index is 13.3. The van der Waals surface area contributed by atoms with Crippen molar-refractivity contribution in [1.82, 2.24) is 5.32 Å². The number of carboxylic acid groups (broad SMARTS) is 1. The van der Waals surface area contributed by atoms with E-state index in [4.69, 9.17) is 9.47 Å². The molecule has 5 rings (SSSR count). The molecule has 2 atom stereocenters. The number of fused-ring (bicyclic) bond motifs is 1. The van der Waals surface area contributed by atoms with Crippen LogP contribution in [0, 0.1) is 19.8 Å². The van der Waals surface area contributed by atoms with Gasteiger partial charge in [-0.25, -0.2) is 4.79 Å². The zero-order chi connectivity index (χ0) is 30.3. The first-order chi connectivity index (χ1) is 20.8. The Hall–Kier alpha value is -4.33. The lowest BCUT2D eigenvalue weighted by atomic mass is 9.91. The number of anilines is 1. The van der Waals surface area contributed by atoms with E-state index in [-0.39, 0.29) is 18.6 Å². The summed E-state index contributed by atoms with van der Waals surface area (Å²) in [5, 5.41) is 12.0. The first-order valence-electron chi connectivity index (χ1n) is 15.2. The van der Waals surface area contributed by atoms with E-state index in [1.807, 2.05) is 60.4 Å². The van der Waals surface area contributed by atoms with Crippen LogP contribution in [0.25, 0.3) is 11.1 Å². The summed E-state index contributed by atoms with van der Waals surface area (Å²) in [4.78, 5) is 38.8. The molecule has 1 heterocycles. The van der Waals surface area contributed by atoms with Crippen LogP contribution in [0.5, 0.6) is 5.75 Å². The third-order valence-corrected chi connectivity index (χ3v) is 8.61. The molecule has 2 N–H and O–H groups in total.